The lowest BCUT2D eigenvalue weighted by Crippen LogP contribution is -2.13. The Balaban J connectivity index is 0.000000754. The summed E-state index contributed by atoms with van der Waals surface area (Å²) in [5.41, 5.74) is 4.77. The van der Waals surface area contributed by atoms with Crippen LogP contribution in [0, 0.1) is 5.41 Å². The second-order valence-corrected chi connectivity index (χ2v) is 6.89. The third-order valence-corrected chi connectivity index (χ3v) is 4.17. The molecule has 0 aromatic rings. The number of hydrogen-bond acceptors (Lipinski definition) is 1. The molecule has 1 aliphatic carbocycles. The largest absolute Gasteiger partial charge is 0.478 e. The fourth-order valence-corrected chi connectivity index (χ4v) is 2.83. The van der Waals surface area contributed by atoms with Crippen molar-refractivity contribution in [2.24, 2.45) is 5.41 Å². The Hall–Kier alpha value is -1.83. The Bertz CT molecular complexity index is 540. The van der Waals surface area contributed by atoms with E-state index in [1.165, 1.54) is 37.3 Å². The molecule has 0 spiro atoms. The summed E-state index contributed by atoms with van der Waals surface area (Å²) in [6, 6.07) is 0. The molecule has 0 unspecified atom stereocenters. The van der Waals surface area contributed by atoms with Crippen LogP contribution in [0.3, 0.4) is 0 Å². The summed E-state index contributed by atoms with van der Waals surface area (Å²) in [6.07, 6.45) is 18.8. The average molecular weight is 331 g/mol. The number of carboxylic acids is 1. The quantitative estimate of drug-likeness (QED) is 0.464. The summed E-state index contributed by atoms with van der Waals surface area (Å²) in [4.78, 5) is 9.51. The number of allylic oxidation sites excluding steroid dienone is 9. The molecule has 0 saturated carbocycles. The fourth-order valence-electron chi connectivity index (χ4n) is 2.83. The maximum atomic E-state index is 9.51. The molecule has 0 amide bonds. The van der Waals surface area contributed by atoms with Crippen molar-refractivity contribution in [3.05, 3.63) is 59.3 Å². The van der Waals surface area contributed by atoms with Crippen molar-refractivity contribution in [2.75, 3.05) is 0 Å². The molecule has 0 fully saturated rings. The highest BCUT2D eigenvalue weighted by Gasteiger charge is 2.24. The molecule has 2 nitrogen and oxygen atoms in total. The van der Waals surface area contributed by atoms with Crippen LogP contribution in [-0.2, 0) is 4.79 Å². The van der Waals surface area contributed by atoms with E-state index >= 15 is 0 Å². The van der Waals surface area contributed by atoms with Crippen LogP contribution in [0.15, 0.2) is 59.3 Å². The second-order valence-electron chi connectivity index (χ2n) is 6.89. The first-order chi connectivity index (χ1) is 11.2. The van der Waals surface area contributed by atoms with E-state index in [1.54, 1.807) is 18.1 Å². The molecule has 0 aromatic carbocycles. The van der Waals surface area contributed by atoms with Crippen molar-refractivity contribution in [1.82, 2.24) is 0 Å². The minimum atomic E-state index is -0.891. The van der Waals surface area contributed by atoms with E-state index in [4.69, 9.17) is 5.11 Å². The van der Waals surface area contributed by atoms with E-state index in [2.05, 4.69) is 65.0 Å². The lowest BCUT2D eigenvalue weighted by molar-refractivity contribution is -0.131. The molecule has 0 atom stereocenters. The molecule has 0 heterocycles. The van der Waals surface area contributed by atoms with E-state index in [0.717, 1.165) is 6.08 Å². The summed E-state index contributed by atoms with van der Waals surface area (Å²) < 4.78 is 0. The molecule has 1 rings (SSSR count). The van der Waals surface area contributed by atoms with E-state index in [9.17, 15) is 4.79 Å². The molecule has 134 valence electrons. The van der Waals surface area contributed by atoms with Crippen molar-refractivity contribution in [3.63, 3.8) is 0 Å². The molecule has 2 heteroatoms. The van der Waals surface area contributed by atoms with Crippen LogP contribution in [0.5, 0.6) is 0 Å². The lowest BCUT2D eigenvalue weighted by atomic mass is 9.79. The van der Waals surface area contributed by atoms with Crippen LogP contribution in [0.4, 0.5) is 0 Å². The summed E-state index contributed by atoms with van der Waals surface area (Å²) in [5.74, 6) is -0.891. The van der Waals surface area contributed by atoms with E-state index in [0.29, 0.717) is 5.41 Å². The van der Waals surface area contributed by atoms with Crippen LogP contribution < -0.4 is 0 Å². The van der Waals surface area contributed by atoms with E-state index in [1.807, 2.05) is 0 Å². The SMILES string of the molecule is C/C=C/C=C(C)/C=C/C1=C(C)CCCCC1(C)C.C/C=C\C(=O)O. The van der Waals surface area contributed by atoms with Gasteiger partial charge in [-0.1, -0.05) is 67.9 Å². The zero-order valence-corrected chi connectivity index (χ0v) is 16.2. The van der Waals surface area contributed by atoms with Gasteiger partial charge in [0.25, 0.3) is 0 Å². The molecule has 0 saturated heterocycles. The predicted molar refractivity (Wildman–Crippen MR) is 105 cm³/mol. The first-order valence-corrected chi connectivity index (χ1v) is 8.78. The fraction of sp³-hybridized carbons (Fsp3) is 0.500. The second kappa shape index (κ2) is 11.7. The highest BCUT2D eigenvalue weighted by atomic mass is 16.4. The Morgan fingerprint density at radius 1 is 1.12 bits per heavy atom. The molecule has 0 radical (unpaired) electrons. The lowest BCUT2D eigenvalue weighted by Gasteiger charge is -2.26. The Morgan fingerprint density at radius 2 is 1.79 bits per heavy atom. The Kier molecular flexibility index (Phi) is 10.8. The average Bonchev–Trinajstić information content (AvgIpc) is 2.62. The molecule has 24 heavy (non-hydrogen) atoms. The normalized spacial score (nSPS) is 18.8. The first kappa shape index (κ1) is 22.2. The van der Waals surface area contributed by atoms with Gasteiger partial charge < -0.3 is 5.11 Å². The topological polar surface area (TPSA) is 37.3 Å². The highest BCUT2D eigenvalue weighted by molar-refractivity contribution is 5.79. The Morgan fingerprint density at radius 3 is 2.29 bits per heavy atom. The number of aliphatic carboxylic acids is 1. The molecule has 1 N–H and O–H groups in total. The summed E-state index contributed by atoms with van der Waals surface area (Å²) >= 11 is 0. The molecular weight excluding hydrogens is 296 g/mol. The van der Waals surface area contributed by atoms with Crippen molar-refractivity contribution >= 4 is 5.97 Å². The Labute approximate surface area is 148 Å². The molecule has 0 aliphatic heterocycles. The predicted octanol–water partition coefficient (Wildman–Crippen LogP) is 6.63. The van der Waals surface area contributed by atoms with E-state index < -0.39 is 5.97 Å². The maximum absolute atomic E-state index is 9.51. The van der Waals surface area contributed by atoms with Gasteiger partial charge in [-0.3, -0.25) is 0 Å². The van der Waals surface area contributed by atoms with Crippen LogP contribution >= 0.6 is 0 Å². The summed E-state index contributed by atoms with van der Waals surface area (Å²) in [6.45, 7) is 12.9. The first-order valence-electron chi connectivity index (χ1n) is 8.78. The summed E-state index contributed by atoms with van der Waals surface area (Å²) in [5, 5.41) is 7.83. The van der Waals surface area contributed by atoms with Gasteiger partial charge in [-0.2, -0.15) is 0 Å². The van der Waals surface area contributed by atoms with Gasteiger partial charge >= 0.3 is 5.97 Å². The molecule has 0 bridgehead atoms. The number of carbonyl (C=O) groups is 1. The third-order valence-electron chi connectivity index (χ3n) is 4.17. The van der Waals surface area contributed by atoms with Crippen LogP contribution in [0.2, 0.25) is 0 Å². The molecule has 1 aliphatic rings. The minimum Gasteiger partial charge on any atom is -0.478 e. The zero-order valence-electron chi connectivity index (χ0n) is 16.2. The van der Waals surface area contributed by atoms with Gasteiger partial charge in [-0.05, 0) is 57.9 Å². The zero-order chi connectivity index (χ0) is 18.6. The van der Waals surface area contributed by atoms with E-state index in [-0.39, 0.29) is 0 Å². The summed E-state index contributed by atoms with van der Waals surface area (Å²) in [7, 11) is 0. The highest BCUT2D eigenvalue weighted by Crippen LogP contribution is 2.39. The number of rotatable bonds is 4. The van der Waals surface area contributed by atoms with Crippen LogP contribution in [0.25, 0.3) is 0 Å². The molecule has 0 aromatic heterocycles. The standard InChI is InChI=1S/C18H28.C4H6O2/c1-6-7-10-15(2)12-13-17-16(3)11-8-9-14-18(17,4)5;1-2-3-4(5)6/h6-7,10,12-13H,8-9,11,14H2,1-5H3;2-3H,1H3,(H,5,6)/b7-6+,13-12+,15-10+;3-2-. The van der Waals surface area contributed by atoms with Crippen molar-refractivity contribution in [3.8, 4) is 0 Å². The number of carboxylic acid groups (broad SMARTS) is 1. The van der Waals surface area contributed by atoms with Gasteiger partial charge in [-0.25, -0.2) is 4.79 Å². The smallest absolute Gasteiger partial charge is 0.327 e. The van der Waals surface area contributed by atoms with Gasteiger partial charge in [0.2, 0.25) is 0 Å². The van der Waals surface area contributed by atoms with Gasteiger partial charge in [0, 0.05) is 6.08 Å². The third kappa shape index (κ3) is 9.34. The maximum Gasteiger partial charge on any atom is 0.327 e. The van der Waals surface area contributed by atoms with Gasteiger partial charge in [0.15, 0.2) is 0 Å². The van der Waals surface area contributed by atoms with Crippen LogP contribution in [-0.4, -0.2) is 11.1 Å². The van der Waals surface area contributed by atoms with Crippen molar-refractivity contribution in [1.29, 1.82) is 0 Å². The van der Waals surface area contributed by atoms with Gasteiger partial charge in [-0.15, -0.1) is 0 Å². The van der Waals surface area contributed by atoms with Crippen molar-refractivity contribution < 1.29 is 9.90 Å². The van der Waals surface area contributed by atoms with Crippen molar-refractivity contribution in [2.45, 2.75) is 67.2 Å². The number of hydrogen-bond donors (Lipinski definition) is 1. The van der Waals surface area contributed by atoms with Crippen LogP contribution in [0.1, 0.15) is 67.2 Å². The molecular formula is C22H34O2. The monoisotopic (exact) mass is 330 g/mol. The van der Waals surface area contributed by atoms with Gasteiger partial charge in [0.1, 0.15) is 0 Å². The van der Waals surface area contributed by atoms with Gasteiger partial charge in [0.05, 0.1) is 0 Å². The minimum absolute atomic E-state index is 0.331.